The Hall–Kier alpha value is -4.30. The summed E-state index contributed by atoms with van der Waals surface area (Å²) in [5, 5.41) is 5.46. The number of benzene rings is 5. The van der Waals surface area contributed by atoms with E-state index in [0.29, 0.717) is 0 Å². The highest BCUT2D eigenvalue weighted by molar-refractivity contribution is 6.21. The smallest absolute Gasteiger partial charge is 0.0551 e. The molecule has 1 aliphatic rings. The van der Waals surface area contributed by atoms with Crippen LogP contribution >= 0.6 is 0 Å². The molecule has 0 aliphatic heterocycles. The lowest BCUT2D eigenvalue weighted by atomic mass is 9.89. The van der Waals surface area contributed by atoms with Crippen molar-refractivity contribution in [2.24, 2.45) is 0 Å². The van der Waals surface area contributed by atoms with E-state index in [0.717, 1.165) is 12.8 Å². The van der Waals surface area contributed by atoms with Crippen molar-refractivity contribution in [2.75, 3.05) is 0 Å². The number of nitrogens with zero attached hydrogens (tertiary/aromatic N) is 1. The van der Waals surface area contributed by atoms with Gasteiger partial charge in [-0.3, -0.25) is 0 Å². The van der Waals surface area contributed by atoms with Crippen LogP contribution in [0.25, 0.3) is 60.4 Å². The predicted octanol–water partition coefficient (Wildman–Crippen LogP) is 8.18. The van der Waals surface area contributed by atoms with Crippen LogP contribution in [0.5, 0.6) is 0 Å². The van der Waals surface area contributed by atoms with Crippen molar-refractivity contribution in [3.05, 3.63) is 114 Å². The van der Waals surface area contributed by atoms with E-state index in [1.54, 1.807) is 0 Å². The average Bonchev–Trinajstić information content (AvgIpc) is 3.44. The van der Waals surface area contributed by atoms with Gasteiger partial charge in [-0.15, -0.1) is 0 Å². The molecule has 0 atom stereocenters. The molecule has 1 aliphatic carbocycles. The van der Waals surface area contributed by atoms with Crippen LogP contribution in [0.3, 0.4) is 0 Å². The summed E-state index contributed by atoms with van der Waals surface area (Å²) in [6.07, 6.45) is 2.16. The first kappa shape index (κ1) is 18.2. The molecule has 2 aromatic heterocycles. The Morgan fingerprint density at radius 1 is 0.588 bits per heavy atom. The Labute approximate surface area is 197 Å². The van der Waals surface area contributed by atoms with E-state index < -0.39 is 0 Å². The molecule has 0 unspecified atom stereocenters. The number of fused-ring (bicyclic) bond motifs is 4. The maximum absolute atomic E-state index is 3.75. The van der Waals surface area contributed by atoms with Crippen molar-refractivity contribution in [3.8, 4) is 16.8 Å². The van der Waals surface area contributed by atoms with Gasteiger partial charge in [-0.2, -0.15) is 0 Å². The Bertz CT molecular complexity index is 1900. The Morgan fingerprint density at radius 3 is 2.35 bits per heavy atom. The zero-order valence-corrected chi connectivity index (χ0v) is 18.7. The van der Waals surface area contributed by atoms with Gasteiger partial charge in [0, 0.05) is 32.7 Å². The fourth-order valence-corrected chi connectivity index (χ4v) is 6.14. The van der Waals surface area contributed by atoms with Gasteiger partial charge in [-0.25, -0.2) is 0 Å². The van der Waals surface area contributed by atoms with Crippen molar-refractivity contribution < 1.29 is 0 Å². The minimum atomic E-state index is 1.07. The first-order valence-electron chi connectivity index (χ1n) is 12.0. The van der Waals surface area contributed by atoms with E-state index in [9.17, 15) is 0 Å². The second-order valence-electron chi connectivity index (χ2n) is 9.41. The molecule has 0 amide bonds. The molecule has 0 bridgehead atoms. The summed E-state index contributed by atoms with van der Waals surface area (Å²) in [6, 6.07) is 37.6. The minimum Gasteiger partial charge on any atom is -0.354 e. The van der Waals surface area contributed by atoms with Gasteiger partial charge in [0.05, 0.1) is 16.6 Å². The number of hydrogen-bond donors (Lipinski definition) is 1. The largest absolute Gasteiger partial charge is 0.354 e. The molecule has 8 rings (SSSR count). The first-order chi connectivity index (χ1) is 16.9. The molecule has 0 fully saturated rings. The SMILES string of the molecule is c1ccc(-c2cccc(-n3c4cccc5c4c4c(c6[nH]c7ccccc7c6cc43)CC5)c2)cc1. The lowest BCUT2D eigenvalue weighted by Crippen LogP contribution is -1.99. The van der Waals surface area contributed by atoms with Crippen LogP contribution in [-0.2, 0) is 12.8 Å². The Kier molecular flexibility index (Phi) is 3.53. The van der Waals surface area contributed by atoms with Gasteiger partial charge >= 0.3 is 0 Å². The monoisotopic (exact) mass is 434 g/mol. The van der Waals surface area contributed by atoms with Gasteiger partial charge in [-0.05, 0) is 65.4 Å². The van der Waals surface area contributed by atoms with Crippen molar-refractivity contribution in [3.63, 3.8) is 0 Å². The van der Waals surface area contributed by atoms with Crippen LogP contribution in [0.1, 0.15) is 11.1 Å². The highest BCUT2D eigenvalue weighted by Gasteiger charge is 2.24. The second-order valence-corrected chi connectivity index (χ2v) is 9.41. The molecule has 0 radical (unpaired) electrons. The third-order valence-electron chi connectivity index (χ3n) is 7.60. The number of aromatic amines is 1. The van der Waals surface area contributed by atoms with Crippen LogP contribution in [0.15, 0.2) is 103 Å². The summed E-state index contributed by atoms with van der Waals surface area (Å²) in [4.78, 5) is 3.75. The lowest BCUT2D eigenvalue weighted by Gasteiger charge is -2.14. The minimum absolute atomic E-state index is 1.07. The number of hydrogen-bond acceptors (Lipinski definition) is 0. The summed E-state index contributed by atoms with van der Waals surface area (Å²) in [5.41, 5.74) is 11.8. The molecule has 2 heterocycles. The first-order valence-corrected chi connectivity index (χ1v) is 12.0. The Morgan fingerprint density at radius 2 is 1.41 bits per heavy atom. The zero-order chi connectivity index (χ0) is 22.2. The number of para-hydroxylation sites is 1. The molecular weight excluding hydrogens is 412 g/mol. The van der Waals surface area contributed by atoms with Crippen molar-refractivity contribution in [2.45, 2.75) is 12.8 Å². The number of H-pyrrole nitrogens is 1. The van der Waals surface area contributed by atoms with E-state index in [1.165, 1.54) is 71.6 Å². The van der Waals surface area contributed by atoms with Crippen LogP contribution in [0.2, 0.25) is 0 Å². The van der Waals surface area contributed by atoms with Crippen LogP contribution in [0, 0.1) is 0 Å². The van der Waals surface area contributed by atoms with Crippen molar-refractivity contribution in [1.29, 1.82) is 0 Å². The fourth-order valence-electron chi connectivity index (χ4n) is 6.14. The molecule has 2 nitrogen and oxygen atoms in total. The molecular formula is C32H22N2. The van der Waals surface area contributed by atoms with E-state index in [1.807, 2.05) is 0 Å². The maximum atomic E-state index is 3.75. The summed E-state index contributed by atoms with van der Waals surface area (Å²) < 4.78 is 2.48. The second kappa shape index (κ2) is 6.61. The highest BCUT2D eigenvalue weighted by Crippen LogP contribution is 2.44. The quantitative estimate of drug-likeness (QED) is 0.283. The lowest BCUT2D eigenvalue weighted by molar-refractivity contribution is 0.975. The maximum Gasteiger partial charge on any atom is 0.0551 e. The third kappa shape index (κ3) is 2.35. The van der Waals surface area contributed by atoms with Gasteiger partial charge in [-0.1, -0.05) is 72.8 Å². The molecule has 1 N–H and O–H groups in total. The molecule has 5 aromatic carbocycles. The zero-order valence-electron chi connectivity index (χ0n) is 18.7. The standard InChI is InChI=1S/C32H22N2/c1-2-8-20(9-3-1)22-11-6-12-23(18-22)34-28-15-7-10-21-16-17-25-31(30(21)28)29(34)19-26-24-13-4-5-14-27(24)33-32(25)26/h1-15,18-19,33H,16-17H2. The van der Waals surface area contributed by atoms with E-state index in [4.69, 9.17) is 0 Å². The van der Waals surface area contributed by atoms with Gasteiger partial charge < -0.3 is 9.55 Å². The van der Waals surface area contributed by atoms with Gasteiger partial charge in [0.15, 0.2) is 0 Å². The number of rotatable bonds is 2. The summed E-state index contributed by atoms with van der Waals surface area (Å²) in [6.45, 7) is 0. The van der Waals surface area contributed by atoms with Crippen LogP contribution in [0.4, 0.5) is 0 Å². The summed E-state index contributed by atoms with van der Waals surface area (Å²) >= 11 is 0. The van der Waals surface area contributed by atoms with E-state index >= 15 is 0 Å². The van der Waals surface area contributed by atoms with Gasteiger partial charge in [0.2, 0.25) is 0 Å². The molecule has 160 valence electrons. The van der Waals surface area contributed by atoms with Crippen LogP contribution < -0.4 is 0 Å². The topological polar surface area (TPSA) is 20.7 Å². The molecule has 0 saturated heterocycles. The van der Waals surface area contributed by atoms with Gasteiger partial charge in [0.1, 0.15) is 0 Å². The van der Waals surface area contributed by atoms with Gasteiger partial charge in [0.25, 0.3) is 0 Å². The molecule has 0 spiro atoms. The molecule has 34 heavy (non-hydrogen) atoms. The number of nitrogens with one attached hydrogen (secondary N) is 1. The van der Waals surface area contributed by atoms with Crippen molar-refractivity contribution >= 4 is 43.6 Å². The van der Waals surface area contributed by atoms with E-state index in [-0.39, 0.29) is 0 Å². The summed E-state index contributed by atoms with van der Waals surface area (Å²) in [5.74, 6) is 0. The van der Waals surface area contributed by atoms with Crippen LogP contribution in [-0.4, -0.2) is 9.55 Å². The number of aryl methyl sites for hydroxylation is 2. The molecule has 2 heteroatoms. The summed E-state index contributed by atoms with van der Waals surface area (Å²) in [7, 11) is 0. The molecule has 0 saturated carbocycles. The molecule has 7 aromatic rings. The normalized spacial score (nSPS) is 13.1. The fraction of sp³-hybridized carbons (Fsp3) is 0.0625. The Balaban J connectivity index is 1.53. The average molecular weight is 435 g/mol. The predicted molar refractivity (Wildman–Crippen MR) is 143 cm³/mol. The van der Waals surface area contributed by atoms with E-state index in [2.05, 4.69) is 113 Å². The third-order valence-corrected chi connectivity index (χ3v) is 7.60. The van der Waals surface area contributed by atoms with Crippen molar-refractivity contribution in [1.82, 2.24) is 9.55 Å². The highest BCUT2D eigenvalue weighted by atomic mass is 15.0. The number of aromatic nitrogens is 2.